The van der Waals surface area contributed by atoms with Gasteiger partial charge in [-0.1, -0.05) is 35.9 Å². The summed E-state index contributed by atoms with van der Waals surface area (Å²) in [4.78, 5) is 12.6. The van der Waals surface area contributed by atoms with Crippen molar-refractivity contribution in [1.82, 2.24) is 0 Å². The molecule has 0 spiro atoms. The van der Waals surface area contributed by atoms with Gasteiger partial charge in [-0.2, -0.15) is 0 Å². The van der Waals surface area contributed by atoms with E-state index in [2.05, 4.69) is 0 Å². The van der Waals surface area contributed by atoms with Crippen LogP contribution >= 0.6 is 0 Å². The molecule has 0 bridgehead atoms. The lowest BCUT2D eigenvalue weighted by Crippen LogP contribution is -2.07. The highest BCUT2D eigenvalue weighted by atomic mass is 16.5. The molecule has 2 aromatic carbocycles. The molecule has 0 aromatic heterocycles. The lowest BCUT2D eigenvalue weighted by molar-refractivity contribution is 0.103. The van der Waals surface area contributed by atoms with Crippen LogP contribution in [0.5, 0.6) is 5.75 Å². The van der Waals surface area contributed by atoms with Gasteiger partial charge in [0.2, 0.25) is 0 Å². The van der Waals surface area contributed by atoms with E-state index in [9.17, 15) is 4.79 Å². The second kappa shape index (κ2) is 5.70. The molecule has 0 fully saturated rings. The van der Waals surface area contributed by atoms with Crippen LogP contribution in [0.3, 0.4) is 0 Å². The van der Waals surface area contributed by atoms with Gasteiger partial charge in [-0.15, -0.1) is 0 Å². The van der Waals surface area contributed by atoms with E-state index in [1.54, 1.807) is 0 Å². The van der Waals surface area contributed by atoms with Gasteiger partial charge in [-0.3, -0.25) is 4.79 Å². The van der Waals surface area contributed by atoms with E-state index < -0.39 is 0 Å². The van der Waals surface area contributed by atoms with E-state index in [1.165, 1.54) is 0 Å². The molecule has 0 aliphatic rings. The first kappa shape index (κ1) is 13.3. The van der Waals surface area contributed by atoms with Crippen LogP contribution in [0.1, 0.15) is 34.0 Å². The van der Waals surface area contributed by atoms with Gasteiger partial charge in [0.05, 0.1) is 12.2 Å². The van der Waals surface area contributed by atoms with Gasteiger partial charge in [0.25, 0.3) is 0 Å². The Bertz CT molecular complexity index is 600. The Morgan fingerprint density at radius 1 is 1.05 bits per heavy atom. The van der Waals surface area contributed by atoms with Crippen LogP contribution in [0.25, 0.3) is 0 Å². The van der Waals surface area contributed by atoms with E-state index in [4.69, 9.17) is 4.74 Å². The molecule has 0 atom stereocenters. The third kappa shape index (κ3) is 2.84. The normalized spacial score (nSPS) is 10.3. The van der Waals surface area contributed by atoms with E-state index in [-0.39, 0.29) is 5.78 Å². The first-order valence-corrected chi connectivity index (χ1v) is 6.47. The van der Waals surface area contributed by atoms with Crippen LogP contribution in [0.2, 0.25) is 0 Å². The molecular formula is C17H18O2. The maximum Gasteiger partial charge on any atom is 0.197 e. The number of hydrogen-bond donors (Lipinski definition) is 0. The lowest BCUT2D eigenvalue weighted by Gasteiger charge is -2.11. The molecule has 0 radical (unpaired) electrons. The molecule has 98 valence electrons. The van der Waals surface area contributed by atoms with Crippen LogP contribution in [0.15, 0.2) is 42.5 Å². The first-order chi connectivity index (χ1) is 9.13. The molecule has 0 heterocycles. The van der Waals surface area contributed by atoms with Gasteiger partial charge < -0.3 is 4.74 Å². The summed E-state index contributed by atoms with van der Waals surface area (Å²) in [6.45, 7) is 6.40. The van der Waals surface area contributed by atoms with Crippen molar-refractivity contribution in [3.05, 3.63) is 64.7 Å². The molecule has 0 unspecified atom stereocenters. The minimum absolute atomic E-state index is 0.0188. The summed E-state index contributed by atoms with van der Waals surface area (Å²) in [5.41, 5.74) is 3.40. The highest BCUT2D eigenvalue weighted by molar-refractivity contribution is 6.11. The van der Waals surface area contributed by atoms with E-state index in [0.29, 0.717) is 17.9 Å². The van der Waals surface area contributed by atoms with Crippen molar-refractivity contribution >= 4 is 5.78 Å². The number of benzene rings is 2. The number of ketones is 1. The maximum atomic E-state index is 12.6. The Kier molecular flexibility index (Phi) is 4.00. The van der Waals surface area contributed by atoms with E-state index in [1.807, 2.05) is 63.2 Å². The highest BCUT2D eigenvalue weighted by Crippen LogP contribution is 2.24. The number of aryl methyl sites for hydroxylation is 2. The maximum absolute atomic E-state index is 12.6. The predicted molar refractivity (Wildman–Crippen MR) is 77.0 cm³/mol. The smallest absolute Gasteiger partial charge is 0.197 e. The summed E-state index contributed by atoms with van der Waals surface area (Å²) in [6, 6.07) is 13.3. The van der Waals surface area contributed by atoms with Gasteiger partial charge >= 0.3 is 0 Å². The predicted octanol–water partition coefficient (Wildman–Crippen LogP) is 3.93. The third-order valence-corrected chi connectivity index (χ3v) is 3.07. The molecule has 19 heavy (non-hydrogen) atoms. The molecule has 0 amide bonds. The number of hydrogen-bond acceptors (Lipinski definition) is 2. The first-order valence-electron chi connectivity index (χ1n) is 6.47. The zero-order valence-electron chi connectivity index (χ0n) is 11.6. The van der Waals surface area contributed by atoms with Crippen LogP contribution in [0, 0.1) is 13.8 Å². The zero-order chi connectivity index (χ0) is 13.8. The molecular weight excluding hydrogens is 236 g/mol. The van der Waals surface area contributed by atoms with Crippen molar-refractivity contribution in [2.45, 2.75) is 20.8 Å². The van der Waals surface area contributed by atoms with Crippen molar-refractivity contribution in [2.24, 2.45) is 0 Å². The van der Waals surface area contributed by atoms with Crippen molar-refractivity contribution in [1.29, 1.82) is 0 Å². The van der Waals surface area contributed by atoms with E-state index >= 15 is 0 Å². The summed E-state index contributed by atoms with van der Waals surface area (Å²) in [5, 5.41) is 0. The number of ether oxygens (including phenoxy) is 1. The monoisotopic (exact) mass is 254 g/mol. The SMILES string of the molecule is CCOc1ccc(C)cc1C(=O)c1ccccc1C. The molecule has 2 nitrogen and oxygen atoms in total. The molecule has 0 N–H and O–H groups in total. The Hall–Kier alpha value is -2.09. The van der Waals surface area contributed by atoms with Crippen molar-refractivity contribution in [2.75, 3.05) is 6.61 Å². The second-order valence-electron chi connectivity index (χ2n) is 4.58. The number of carbonyl (C=O) groups excluding carboxylic acids is 1. The molecule has 0 saturated heterocycles. The minimum atomic E-state index is 0.0188. The largest absolute Gasteiger partial charge is 0.493 e. The number of carbonyl (C=O) groups is 1. The quantitative estimate of drug-likeness (QED) is 0.773. The average Bonchev–Trinajstić information content (AvgIpc) is 2.41. The molecule has 2 heteroatoms. The van der Waals surface area contributed by atoms with Crippen LogP contribution < -0.4 is 4.74 Å². The Morgan fingerprint density at radius 2 is 1.79 bits per heavy atom. The fraction of sp³-hybridized carbons (Fsp3) is 0.235. The summed E-state index contributed by atoms with van der Waals surface area (Å²) >= 11 is 0. The summed E-state index contributed by atoms with van der Waals surface area (Å²) in [7, 11) is 0. The topological polar surface area (TPSA) is 26.3 Å². The van der Waals surface area contributed by atoms with Gasteiger partial charge in [0.15, 0.2) is 5.78 Å². The van der Waals surface area contributed by atoms with Crippen molar-refractivity contribution < 1.29 is 9.53 Å². The summed E-state index contributed by atoms with van der Waals surface area (Å²) < 4.78 is 5.55. The highest BCUT2D eigenvalue weighted by Gasteiger charge is 2.16. The molecule has 0 aliphatic carbocycles. The lowest BCUT2D eigenvalue weighted by atomic mass is 9.97. The Balaban J connectivity index is 2.49. The molecule has 0 saturated carbocycles. The Labute approximate surface area is 114 Å². The molecule has 2 rings (SSSR count). The van der Waals surface area contributed by atoms with Gasteiger partial charge in [0.1, 0.15) is 5.75 Å². The second-order valence-corrected chi connectivity index (χ2v) is 4.58. The van der Waals surface area contributed by atoms with Gasteiger partial charge in [-0.25, -0.2) is 0 Å². The molecule has 2 aromatic rings. The fourth-order valence-corrected chi connectivity index (χ4v) is 2.08. The van der Waals surface area contributed by atoms with Crippen molar-refractivity contribution in [3.63, 3.8) is 0 Å². The van der Waals surface area contributed by atoms with E-state index in [0.717, 1.165) is 16.7 Å². The standard InChI is InChI=1S/C17H18O2/c1-4-19-16-10-9-12(2)11-15(16)17(18)14-8-6-5-7-13(14)3/h5-11H,4H2,1-3H3. The van der Waals surface area contributed by atoms with Crippen LogP contribution in [-0.2, 0) is 0 Å². The third-order valence-electron chi connectivity index (χ3n) is 3.07. The van der Waals surface area contributed by atoms with Crippen molar-refractivity contribution in [3.8, 4) is 5.75 Å². The minimum Gasteiger partial charge on any atom is -0.493 e. The summed E-state index contributed by atoms with van der Waals surface area (Å²) in [5.74, 6) is 0.673. The summed E-state index contributed by atoms with van der Waals surface area (Å²) in [6.07, 6.45) is 0. The zero-order valence-corrected chi connectivity index (χ0v) is 11.6. The fourth-order valence-electron chi connectivity index (χ4n) is 2.08. The van der Waals surface area contributed by atoms with Crippen LogP contribution in [-0.4, -0.2) is 12.4 Å². The van der Waals surface area contributed by atoms with Gasteiger partial charge in [0, 0.05) is 5.56 Å². The average molecular weight is 254 g/mol. The van der Waals surface area contributed by atoms with Gasteiger partial charge in [-0.05, 0) is 38.5 Å². The Morgan fingerprint density at radius 3 is 2.47 bits per heavy atom. The van der Waals surface area contributed by atoms with Crippen LogP contribution in [0.4, 0.5) is 0 Å². The number of rotatable bonds is 4. The molecule has 0 aliphatic heterocycles.